The van der Waals surface area contributed by atoms with E-state index in [-0.39, 0.29) is 17.7 Å². The zero-order valence-electron chi connectivity index (χ0n) is 16.4. The molecule has 0 aliphatic heterocycles. The van der Waals surface area contributed by atoms with Gasteiger partial charge in [0.25, 0.3) is 5.91 Å². The molecule has 0 fully saturated rings. The summed E-state index contributed by atoms with van der Waals surface area (Å²) in [6, 6.07) is 13.7. The Kier molecular flexibility index (Phi) is 6.82. The lowest BCUT2D eigenvalue weighted by molar-refractivity contribution is -0.118. The van der Waals surface area contributed by atoms with Crippen LogP contribution in [0.25, 0.3) is 0 Å². The minimum Gasteiger partial charge on any atom is -0.497 e. The van der Waals surface area contributed by atoms with Crippen LogP contribution in [0.1, 0.15) is 24.2 Å². The van der Waals surface area contributed by atoms with Gasteiger partial charge < -0.3 is 20.3 Å². The zero-order valence-corrected chi connectivity index (χ0v) is 16.4. The third-order valence-corrected chi connectivity index (χ3v) is 4.24. The van der Waals surface area contributed by atoms with Crippen molar-refractivity contribution in [2.75, 3.05) is 31.4 Å². The van der Waals surface area contributed by atoms with Gasteiger partial charge in [-0.3, -0.25) is 9.59 Å². The molecule has 1 unspecified atom stereocenters. The molecule has 2 aromatic rings. The number of carbonyl (C=O) groups is 2. The summed E-state index contributed by atoms with van der Waals surface area (Å²) in [6.45, 7) is 3.79. The molecule has 27 heavy (non-hydrogen) atoms. The number of hydrogen-bond donors (Lipinski definition) is 2. The first-order valence-electron chi connectivity index (χ1n) is 8.85. The molecule has 0 aromatic heterocycles. The van der Waals surface area contributed by atoms with E-state index in [2.05, 4.69) is 10.6 Å². The van der Waals surface area contributed by atoms with Crippen molar-refractivity contribution in [3.8, 4) is 5.75 Å². The number of rotatable bonds is 7. The number of hydrogen-bond acceptors (Lipinski definition) is 4. The van der Waals surface area contributed by atoms with Crippen LogP contribution in [-0.4, -0.2) is 39.1 Å². The largest absolute Gasteiger partial charge is 0.497 e. The molecule has 0 spiro atoms. The highest BCUT2D eigenvalue weighted by Crippen LogP contribution is 2.17. The molecule has 0 aliphatic rings. The smallest absolute Gasteiger partial charge is 0.251 e. The molecule has 0 aliphatic carbocycles. The van der Waals surface area contributed by atoms with Gasteiger partial charge in [-0.25, -0.2) is 0 Å². The molecule has 6 nitrogen and oxygen atoms in total. The highest BCUT2D eigenvalue weighted by atomic mass is 16.5. The van der Waals surface area contributed by atoms with E-state index in [0.717, 1.165) is 5.69 Å². The predicted molar refractivity (Wildman–Crippen MR) is 108 cm³/mol. The number of nitrogens with one attached hydrogen (secondary N) is 2. The van der Waals surface area contributed by atoms with Crippen LogP contribution < -0.4 is 20.3 Å². The summed E-state index contributed by atoms with van der Waals surface area (Å²) in [5, 5.41) is 5.69. The first-order valence-corrected chi connectivity index (χ1v) is 8.85. The number of amides is 2. The van der Waals surface area contributed by atoms with Gasteiger partial charge in [-0.15, -0.1) is 0 Å². The standard InChI is InChI=1S/C21H27N3O3/c1-14(2)19(23-20(25)15-6-12-18(27-5)13-7-15)21(26)22-16-8-10-17(11-9-16)24(3)4/h6-14,19H,1-5H3,(H,22,26)(H,23,25). The van der Waals surface area contributed by atoms with E-state index in [1.165, 1.54) is 0 Å². The van der Waals surface area contributed by atoms with Gasteiger partial charge in [-0.1, -0.05) is 13.8 Å². The third-order valence-electron chi connectivity index (χ3n) is 4.24. The first-order chi connectivity index (χ1) is 12.8. The average molecular weight is 369 g/mol. The average Bonchev–Trinajstić information content (AvgIpc) is 2.66. The van der Waals surface area contributed by atoms with Crippen molar-refractivity contribution >= 4 is 23.2 Å². The van der Waals surface area contributed by atoms with E-state index in [0.29, 0.717) is 17.0 Å². The Bertz CT molecular complexity index is 768. The number of anilines is 2. The lowest BCUT2D eigenvalue weighted by atomic mass is 10.0. The lowest BCUT2D eigenvalue weighted by Crippen LogP contribution is -2.47. The van der Waals surface area contributed by atoms with Crippen LogP contribution in [0.4, 0.5) is 11.4 Å². The minimum absolute atomic E-state index is 0.0618. The van der Waals surface area contributed by atoms with Crippen LogP contribution in [0.3, 0.4) is 0 Å². The van der Waals surface area contributed by atoms with E-state index in [1.54, 1.807) is 31.4 Å². The van der Waals surface area contributed by atoms with Crippen LogP contribution in [-0.2, 0) is 4.79 Å². The maximum Gasteiger partial charge on any atom is 0.251 e. The molecule has 0 bridgehead atoms. The number of nitrogens with zero attached hydrogens (tertiary/aromatic N) is 1. The number of methoxy groups -OCH3 is 1. The fourth-order valence-electron chi connectivity index (χ4n) is 2.56. The molecular weight excluding hydrogens is 342 g/mol. The van der Waals surface area contributed by atoms with Gasteiger partial charge in [-0.05, 0) is 54.4 Å². The maximum atomic E-state index is 12.7. The van der Waals surface area contributed by atoms with Crippen molar-refractivity contribution in [1.82, 2.24) is 5.32 Å². The van der Waals surface area contributed by atoms with E-state index in [1.807, 2.05) is 57.1 Å². The summed E-state index contributed by atoms with van der Waals surface area (Å²) < 4.78 is 5.10. The second-order valence-corrected chi connectivity index (χ2v) is 6.85. The summed E-state index contributed by atoms with van der Waals surface area (Å²) in [4.78, 5) is 27.2. The highest BCUT2D eigenvalue weighted by Gasteiger charge is 2.24. The van der Waals surface area contributed by atoms with Crippen LogP contribution in [0.5, 0.6) is 5.75 Å². The first kappa shape index (κ1) is 20.3. The fourth-order valence-corrected chi connectivity index (χ4v) is 2.56. The molecule has 1 atom stereocenters. The normalized spacial score (nSPS) is 11.6. The van der Waals surface area contributed by atoms with Gasteiger partial charge in [0.1, 0.15) is 11.8 Å². The maximum absolute atomic E-state index is 12.7. The lowest BCUT2D eigenvalue weighted by Gasteiger charge is -2.22. The molecule has 144 valence electrons. The zero-order chi connectivity index (χ0) is 20.0. The number of benzene rings is 2. The predicted octanol–water partition coefficient (Wildman–Crippen LogP) is 3.15. The van der Waals surface area contributed by atoms with Gasteiger partial charge in [0.05, 0.1) is 7.11 Å². The van der Waals surface area contributed by atoms with Crippen molar-refractivity contribution in [3.05, 3.63) is 54.1 Å². The van der Waals surface area contributed by atoms with Crippen LogP contribution in [0.15, 0.2) is 48.5 Å². The minimum atomic E-state index is -0.645. The second-order valence-electron chi connectivity index (χ2n) is 6.85. The van der Waals surface area contributed by atoms with Crippen LogP contribution >= 0.6 is 0 Å². The molecule has 0 heterocycles. The van der Waals surface area contributed by atoms with Crippen molar-refractivity contribution in [2.24, 2.45) is 5.92 Å². The summed E-state index contributed by atoms with van der Waals surface area (Å²) >= 11 is 0. The summed E-state index contributed by atoms with van der Waals surface area (Å²) in [5.74, 6) is 0.0676. The SMILES string of the molecule is COc1ccc(C(=O)NC(C(=O)Nc2ccc(N(C)C)cc2)C(C)C)cc1. The number of carbonyl (C=O) groups excluding carboxylic acids is 2. The summed E-state index contributed by atoms with van der Waals surface area (Å²) in [7, 11) is 5.48. The van der Waals surface area contributed by atoms with Crippen LogP contribution in [0.2, 0.25) is 0 Å². The van der Waals surface area contributed by atoms with E-state index in [9.17, 15) is 9.59 Å². The van der Waals surface area contributed by atoms with Crippen molar-refractivity contribution in [3.63, 3.8) is 0 Å². The Balaban J connectivity index is 2.06. The molecule has 2 aromatic carbocycles. The van der Waals surface area contributed by atoms with Gasteiger partial charge >= 0.3 is 0 Å². The quantitative estimate of drug-likeness (QED) is 0.787. The van der Waals surface area contributed by atoms with Gasteiger partial charge in [-0.2, -0.15) is 0 Å². The summed E-state index contributed by atoms with van der Waals surface area (Å²) in [6.07, 6.45) is 0. The Morgan fingerprint density at radius 1 is 0.963 bits per heavy atom. The molecular formula is C21H27N3O3. The van der Waals surface area contributed by atoms with Crippen molar-refractivity contribution in [2.45, 2.75) is 19.9 Å². The fraction of sp³-hybridized carbons (Fsp3) is 0.333. The van der Waals surface area contributed by atoms with Gasteiger partial charge in [0.15, 0.2) is 0 Å². The monoisotopic (exact) mass is 369 g/mol. The Morgan fingerprint density at radius 3 is 2.04 bits per heavy atom. The number of ether oxygens (including phenoxy) is 1. The molecule has 0 saturated heterocycles. The molecule has 6 heteroatoms. The molecule has 2 N–H and O–H groups in total. The molecule has 2 amide bonds. The van der Waals surface area contributed by atoms with E-state index < -0.39 is 6.04 Å². The Labute approximate surface area is 160 Å². The van der Waals surface area contributed by atoms with E-state index >= 15 is 0 Å². The Morgan fingerprint density at radius 2 is 1.56 bits per heavy atom. The molecule has 2 rings (SSSR count). The highest BCUT2D eigenvalue weighted by molar-refractivity contribution is 6.01. The topological polar surface area (TPSA) is 70.7 Å². The summed E-state index contributed by atoms with van der Waals surface area (Å²) in [5.41, 5.74) is 2.21. The van der Waals surface area contributed by atoms with Crippen LogP contribution in [0, 0.1) is 5.92 Å². The molecule has 0 saturated carbocycles. The Hall–Kier alpha value is -3.02. The third kappa shape index (κ3) is 5.48. The van der Waals surface area contributed by atoms with Gasteiger partial charge in [0, 0.05) is 31.0 Å². The second kappa shape index (κ2) is 9.07. The van der Waals surface area contributed by atoms with Crippen molar-refractivity contribution in [1.29, 1.82) is 0 Å². The van der Waals surface area contributed by atoms with Gasteiger partial charge in [0.2, 0.25) is 5.91 Å². The van der Waals surface area contributed by atoms with Crippen molar-refractivity contribution < 1.29 is 14.3 Å². The van der Waals surface area contributed by atoms with E-state index in [4.69, 9.17) is 4.74 Å². The molecule has 0 radical (unpaired) electrons.